The van der Waals surface area contributed by atoms with Gasteiger partial charge in [0, 0.05) is 65.7 Å². The molecule has 1 aromatic heterocycles. The molecule has 2 aliphatic heterocycles. The van der Waals surface area contributed by atoms with Gasteiger partial charge in [0.2, 0.25) is 11.8 Å². The number of amides is 2. The molecule has 0 bridgehead atoms. The van der Waals surface area contributed by atoms with E-state index in [-0.39, 0.29) is 23.4 Å². The largest absolute Gasteiger partial charge is 0.339 e. The Morgan fingerprint density at radius 2 is 1.76 bits per heavy atom. The summed E-state index contributed by atoms with van der Waals surface area (Å²) in [6.07, 6.45) is 0.735. The normalized spacial score (nSPS) is 19.5. The molecule has 1 aromatic rings. The van der Waals surface area contributed by atoms with Crippen LogP contribution in [0.3, 0.4) is 0 Å². The van der Waals surface area contributed by atoms with Crippen LogP contribution in [-0.4, -0.2) is 75.1 Å². The molecule has 0 spiro atoms. The Bertz CT molecular complexity index is 736. The van der Waals surface area contributed by atoms with Gasteiger partial charge >= 0.3 is 0 Å². The molecule has 1 atom stereocenters. The molecule has 0 aliphatic carbocycles. The average Bonchev–Trinajstić information content (AvgIpc) is 2.61. The lowest BCUT2D eigenvalue weighted by Crippen LogP contribution is -2.55. The zero-order valence-corrected chi connectivity index (χ0v) is 15.1. The number of carbonyl (C=O) groups excluding carboxylic acids is 2. The minimum Gasteiger partial charge on any atom is -0.339 e. The highest BCUT2D eigenvalue weighted by atomic mass is 16.2. The first kappa shape index (κ1) is 17.6. The molecule has 8 heteroatoms. The van der Waals surface area contributed by atoms with Crippen LogP contribution in [0.25, 0.3) is 0 Å². The number of aryl methyl sites for hydroxylation is 1. The summed E-state index contributed by atoms with van der Waals surface area (Å²) in [6.45, 7) is 7.14. The maximum absolute atomic E-state index is 12.8. The first-order chi connectivity index (χ1) is 11.9. The Hall–Kier alpha value is -2.22. The minimum absolute atomic E-state index is 0.0573. The highest BCUT2D eigenvalue weighted by Gasteiger charge is 2.31. The van der Waals surface area contributed by atoms with Crippen molar-refractivity contribution < 1.29 is 9.59 Å². The quantitative estimate of drug-likeness (QED) is 0.701. The van der Waals surface area contributed by atoms with E-state index in [1.165, 1.54) is 4.68 Å². The third kappa shape index (κ3) is 3.58. The molecule has 1 saturated heterocycles. The van der Waals surface area contributed by atoms with Gasteiger partial charge < -0.3 is 9.80 Å². The van der Waals surface area contributed by atoms with E-state index in [2.05, 4.69) is 10.00 Å². The average molecular weight is 347 g/mol. The molecule has 3 heterocycles. The smallest absolute Gasteiger partial charge is 0.266 e. The van der Waals surface area contributed by atoms with E-state index in [9.17, 15) is 14.4 Å². The van der Waals surface area contributed by atoms with Crippen LogP contribution in [0.4, 0.5) is 0 Å². The number of fused-ring (bicyclic) bond motifs is 1. The van der Waals surface area contributed by atoms with Crippen molar-refractivity contribution in [3.05, 3.63) is 27.7 Å². The summed E-state index contributed by atoms with van der Waals surface area (Å²) >= 11 is 0. The van der Waals surface area contributed by atoms with E-state index in [1.807, 2.05) is 11.8 Å². The third-order valence-corrected chi connectivity index (χ3v) is 5.21. The van der Waals surface area contributed by atoms with Gasteiger partial charge in [-0.05, 0) is 12.5 Å². The molecule has 136 valence electrons. The molecular weight excluding hydrogens is 322 g/mol. The van der Waals surface area contributed by atoms with Gasteiger partial charge in [-0.15, -0.1) is 0 Å². The number of rotatable bonds is 2. The first-order valence-electron chi connectivity index (χ1n) is 8.71. The molecule has 0 saturated carbocycles. The zero-order valence-electron chi connectivity index (χ0n) is 15.1. The summed E-state index contributed by atoms with van der Waals surface area (Å²) in [6, 6.07) is 1.37. The fraction of sp³-hybridized carbons (Fsp3) is 0.647. The van der Waals surface area contributed by atoms with Crippen LogP contribution in [0.2, 0.25) is 0 Å². The van der Waals surface area contributed by atoms with Crippen molar-refractivity contribution in [3.63, 3.8) is 0 Å². The number of aromatic nitrogens is 2. The van der Waals surface area contributed by atoms with E-state index in [1.54, 1.807) is 24.9 Å². The Morgan fingerprint density at radius 1 is 1.12 bits per heavy atom. The summed E-state index contributed by atoms with van der Waals surface area (Å²) in [5.41, 5.74) is 1.73. The van der Waals surface area contributed by atoms with Gasteiger partial charge in [0.15, 0.2) is 0 Å². The van der Waals surface area contributed by atoms with E-state index >= 15 is 0 Å². The Kier molecular flexibility index (Phi) is 4.89. The lowest BCUT2D eigenvalue weighted by atomic mass is 10.0. The number of nitrogens with zero attached hydrogens (tertiary/aromatic N) is 5. The van der Waals surface area contributed by atoms with Gasteiger partial charge in [0.25, 0.3) is 5.56 Å². The standard InChI is InChI=1S/C17H25N5O3/c1-12(17(25)21-8-6-20(7-9-21)13(2)23)22-5-4-15-14(11-22)10-16(24)19(3)18-15/h10,12H,4-9,11H2,1-3H3/t12-/m0/s1. The van der Waals surface area contributed by atoms with Gasteiger partial charge in [-0.25, -0.2) is 4.68 Å². The molecule has 8 nitrogen and oxygen atoms in total. The molecule has 2 amide bonds. The molecule has 25 heavy (non-hydrogen) atoms. The van der Waals surface area contributed by atoms with Crippen LogP contribution >= 0.6 is 0 Å². The molecule has 0 aromatic carbocycles. The summed E-state index contributed by atoms with van der Waals surface area (Å²) in [5, 5.41) is 4.31. The summed E-state index contributed by atoms with van der Waals surface area (Å²) < 4.78 is 1.36. The number of piperazine rings is 1. The maximum atomic E-state index is 12.8. The van der Waals surface area contributed by atoms with Gasteiger partial charge in [-0.1, -0.05) is 0 Å². The second kappa shape index (κ2) is 6.95. The minimum atomic E-state index is -0.249. The fourth-order valence-electron chi connectivity index (χ4n) is 3.51. The molecular formula is C17H25N5O3. The van der Waals surface area contributed by atoms with Crippen molar-refractivity contribution >= 4 is 11.8 Å². The second-order valence-electron chi connectivity index (χ2n) is 6.81. The van der Waals surface area contributed by atoms with Gasteiger partial charge in [-0.2, -0.15) is 5.10 Å². The fourth-order valence-corrected chi connectivity index (χ4v) is 3.51. The SMILES string of the molecule is CC(=O)N1CCN(C(=O)[C@H](C)N2CCc3nn(C)c(=O)cc3C2)CC1. The van der Waals surface area contributed by atoms with Gasteiger partial charge in [-0.3, -0.25) is 19.3 Å². The monoisotopic (exact) mass is 347 g/mol. The summed E-state index contributed by atoms with van der Waals surface area (Å²) in [4.78, 5) is 41.7. The summed E-state index contributed by atoms with van der Waals surface area (Å²) in [7, 11) is 1.65. The zero-order chi connectivity index (χ0) is 18.1. The Balaban J connectivity index is 1.64. The van der Waals surface area contributed by atoms with Crippen molar-refractivity contribution in [1.29, 1.82) is 0 Å². The highest BCUT2D eigenvalue weighted by Crippen LogP contribution is 2.18. The van der Waals surface area contributed by atoms with Gasteiger partial charge in [0.05, 0.1) is 11.7 Å². The van der Waals surface area contributed by atoms with Crippen LogP contribution < -0.4 is 5.56 Å². The summed E-state index contributed by atoms with van der Waals surface area (Å²) in [5.74, 6) is 0.144. The lowest BCUT2D eigenvalue weighted by molar-refractivity contribution is -0.142. The Morgan fingerprint density at radius 3 is 2.40 bits per heavy atom. The van der Waals surface area contributed by atoms with Crippen molar-refractivity contribution in [2.75, 3.05) is 32.7 Å². The Labute approximate surface area is 147 Å². The van der Waals surface area contributed by atoms with Crippen molar-refractivity contribution in [2.45, 2.75) is 32.9 Å². The topological polar surface area (TPSA) is 78.8 Å². The van der Waals surface area contributed by atoms with Gasteiger partial charge in [0.1, 0.15) is 0 Å². The maximum Gasteiger partial charge on any atom is 0.266 e. The van der Waals surface area contributed by atoms with Crippen LogP contribution in [-0.2, 0) is 29.6 Å². The predicted octanol–water partition coefficient (Wildman–Crippen LogP) is -0.782. The number of hydrogen-bond acceptors (Lipinski definition) is 5. The first-order valence-corrected chi connectivity index (χ1v) is 8.71. The van der Waals surface area contributed by atoms with Crippen LogP contribution in [0.1, 0.15) is 25.1 Å². The van der Waals surface area contributed by atoms with E-state index in [0.29, 0.717) is 32.7 Å². The number of carbonyl (C=O) groups is 2. The van der Waals surface area contributed by atoms with Crippen molar-refractivity contribution in [3.8, 4) is 0 Å². The van der Waals surface area contributed by atoms with Crippen LogP contribution in [0.5, 0.6) is 0 Å². The van der Waals surface area contributed by atoms with Crippen LogP contribution in [0.15, 0.2) is 10.9 Å². The molecule has 0 radical (unpaired) electrons. The third-order valence-electron chi connectivity index (χ3n) is 5.21. The molecule has 0 unspecified atom stereocenters. The van der Waals surface area contributed by atoms with Crippen molar-refractivity contribution in [2.24, 2.45) is 7.05 Å². The lowest BCUT2D eigenvalue weighted by Gasteiger charge is -2.39. The van der Waals surface area contributed by atoms with Crippen LogP contribution in [0, 0.1) is 0 Å². The highest BCUT2D eigenvalue weighted by molar-refractivity contribution is 5.82. The van der Waals surface area contributed by atoms with E-state index in [0.717, 1.165) is 24.2 Å². The molecule has 1 fully saturated rings. The van der Waals surface area contributed by atoms with E-state index < -0.39 is 0 Å². The predicted molar refractivity (Wildman–Crippen MR) is 91.9 cm³/mol. The molecule has 2 aliphatic rings. The van der Waals surface area contributed by atoms with E-state index in [4.69, 9.17) is 0 Å². The molecule has 0 N–H and O–H groups in total. The second-order valence-corrected chi connectivity index (χ2v) is 6.81. The molecule has 3 rings (SSSR count). The van der Waals surface area contributed by atoms with Crippen molar-refractivity contribution in [1.82, 2.24) is 24.5 Å². The number of hydrogen-bond donors (Lipinski definition) is 0.